The summed E-state index contributed by atoms with van der Waals surface area (Å²) in [6, 6.07) is 6.05. The van der Waals surface area contributed by atoms with Gasteiger partial charge in [0, 0.05) is 12.0 Å². The third-order valence-corrected chi connectivity index (χ3v) is 3.07. The number of hydrogen-bond acceptors (Lipinski definition) is 2. The number of halogens is 2. The van der Waals surface area contributed by atoms with Crippen LogP contribution >= 0.6 is 15.9 Å². The maximum atomic E-state index is 13.1. The second-order valence-electron chi connectivity index (χ2n) is 3.76. The van der Waals surface area contributed by atoms with E-state index in [0.717, 1.165) is 0 Å². The van der Waals surface area contributed by atoms with Crippen LogP contribution in [0.2, 0.25) is 0 Å². The van der Waals surface area contributed by atoms with Gasteiger partial charge in [0.15, 0.2) is 0 Å². The summed E-state index contributed by atoms with van der Waals surface area (Å²) in [4.78, 5) is 17.7. The van der Waals surface area contributed by atoms with E-state index in [0.29, 0.717) is 28.1 Å². The van der Waals surface area contributed by atoms with Gasteiger partial charge in [-0.05, 0) is 28.1 Å². The van der Waals surface area contributed by atoms with Crippen molar-refractivity contribution in [3.63, 3.8) is 0 Å². The van der Waals surface area contributed by atoms with Crippen molar-refractivity contribution in [1.29, 1.82) is 0 Å². The Bertz CT molecular complexity index is 583. The van der Waals surface area contributed by atoms with E-state index < -0.39 is 5.97 Å². The molecule has 2 N–H and O–H groups in total. The summed E-state index contributed by atoms with van der Waals surface area (Å²) in [5.41, 5.74) is 1.31. The maximum Gasteiger partial charge on any atom is 0.303 e. The van der Waals surface area contributed by atoms with Crippen LogP contribution in [0, 0.1) is 5.82 Å². The zero-order chi connectivity index (χ0) is 13.1. The van der Waals surface area contributed by atoms with Gasteiger partial charge in [-0.15, -0.1) is 0 Å². The van der Waals surface area contributed by atoms with Crippen molar-refractivity contribution in [2.24, 2.45) is 0 Å². The number of nitrogens with zero attached hydrogens (tertiary/aromatic N) is 1. The molecule has 1 aromatic carbocycles. The van der Waals surface area contributed by atoms with Gasteiger partial charge in [0.1, 0.15) is 16.2 Å². The predicted molar refractivity (Wildman–Crippen MR) is 67.6 cm³/mol. The number of H-pyrrole nitrogens is 1. The van der Waals surface area contributed by atoms with Crippen LogP contribution in [0.25, 0.3) is 11.4 Å². The van der Waals surface area contributed by atoms with E-state index in [9.17, 15) is 9.18 Å². The molecule has 18 heavy (non-hydrogen) atoms. The molecule has 0 aliphatic carbocycles. The fourth-order valence-corrected chi connectivity index (χ4v) is 2.03. The van der Waals surface area contributed by atoms with Gasteiger partial charge in [-0.25, -0.2) is 9.37 Å². The van der Waals surface area contributed by atoms with Crippen molar-refractivity contribution in [3.05, 3.63) is 40.4 Å². The van der Waals surface area contributed by atoms with Crippen LogP contribution in [-0.4, -0.2) is 21.0 Å². The summed E-state index contributed by atoms with van der Waals surface area (Å²) in [5, 5.41) is 8.63. The number of carbonyl (C=O) groups is 1. The first-order chi connectivity index (χ1) is 8.56. The number of carboxylic acid groups (broad SMARTS) is 1. The van der Waals surface area contributed by atoms with Crippen LogP contribution in [0.15, 0.2) is 28.9 Å². The topological polar surface area (TPSA) is 66.0 Å². The normalized spacial score (nSPS) is 10.6. The number of imidazole rings is 1. The van der Waals surface area contributed by atoms with Crippen molar-refractivity contribution < 1.29 is 14.3 Å². The van der Waals surface area contributed by atoms with Gasteiger partial charge in [-0.3, -0.25) is 4.79 Å². The lowest BCUT2D eigenvalue weighted by atomic mass is 10.2. The Morgan fingerprint density at radius 1 is 1.50 bits per heavy atom. The van der Waals surface area contributed by atoms with E-state index >= 15 is 0 Å². The number of rotatable bonds is 4. The Labute approximate surface area is 111 Å². The van der Waals surface area contributed by atoms with Crippen molar-refractivity contribution >= 4 is 21.9 Å². The minimum absolute atomic E-state index is 0.0172. The lowest BCUT2D eigenvalue weighted by Crippen LogP contribution is -1.98. The number of aromatic nitrogens is 2. The minimum Gasteiger partial charge on any atom is -0.481 e. The Balaban J connectivity index is 2.25. The average Bonchev–Trinajstić information content (AvgIpc) is 2.68. The Kier molecular flexibility index (Phi) is 3.76. The molecule has 0 spiro atoms. The molecule has 0 unspecified atom stereocenters. The third kappa shape index (κ3) is 2.95. The summed E-state index contributed by atoms with van der Waals surface area (Å²) in [6.07, 6.45) is 0.363. The highest BCUT2D eigenvalue weighted by Crippen LogP contribution is 2.23. The van der Waals surface area contributed by atoms with Crippen LogP contribution in [0.3, 0.4) is 0 Å². The lowest BCUT2D eigenvalue weighted by Gasteiger charge is -1.96. The van der Waals surface area contributed by atoms with Gasteiger partial charge in [-0.2, -0.15) is 0 Å². The summed E-state index contributed by atoms with van der Waals surface area (Å²) in [5.74, 6) is -0.697. The molecule has 0 aliphatic heterocycles. The molecule has 4 nitrogen and oxygen atoms in total. The van der Waals surface area contributed by atoms with Crippen molar-refractivity contribution in [1.82, 2.24) is 9.97 Å². The largest absolute Gasteiger partial charge is 0.481 e. The first kappa shape index (κ1) is 12.8. The van der Waals surface area contributed by atoms with Crippen LogP contribution < -0.4 is 0 Å². The molecule has 1 aromatic heterocycles. The zero-order valence-corrected chi connectivity index (χ0v) is 10.9. The molecular formula is C12H10BrFN2O2. The molecular weight excluding hydrogens is 303 g/mol. The smallest absolute Gasteiger partial charge is 0.303 e. The number of hydrogen-bond donors (Lipinski definition) is 2. The number of carboxylic acids is 1. The third-order valence-electron chi connectivity index (χ3n) is 2.42. The van der Waals surface area contributed by atoms with Crippen molar-refractivity contribution in [2.45, 2.75) is 12.8 Å². The number of benzene rings is 1. The van der Waals surface area contributed by atoms with Crippen LogP contribution in [0.5, 0.6) is 0 Å². The summed E-state index contributed by atoms with van der Waals surface area (Å²) in [6.45, 7) is 0. The predicted octanol–water partition coefficient (Wildman–Crippen LogP) is 3.00. The quantitative estimate of drug-likeness (QED) is 0.912. The molecule has 0 saturated heterocycles. The van der Waals surface area contributed by atoms with E-state index in [1.54, 1.807) is 12.1 Å². The molecule has 6 heteroatoms. The van der Waals surface area contributed by atoms with Crippen molar-refractivity contribution in [2.75, 3.05) is 0 Å². The fourth-order valence-electron chi connectivity index (χ4n) is 1.56. The van der Waals surface area contributed by atoms with E-state index in [1.165, 1.54) is 12.1 Å². The molecule has 0 fully saturated rings. The van der Waals surface area contributed by atoms with E-state index in [1.807, 2.05) is 0 Å². The van der Waals surface area contributed by atoms with Crippen LogP contribution in [-0.2, 0) is 11.2 Å². The highest BCUT2D eigenvalue weighted by Gasteiger charge is 2.11. The number of aryl methyl sites for hydroxylation is 1. The Morgan fingerprint density at radius 2 is 2.28 bits per heavy atom. The Morgan fingerprint density at radius 3 is 2.94 bits per heavy atom. The molecule has 0 aliphatic rings. The van der Waals surface area contributed by atoms with Gasteiger partial charge in [0.2, 0.25) is 0 Å². The minimum atomic E-state index is -0.871. The van der Waals surface area contributed by atoms with Gasteiger partial charge < -0.3 is 10.1 Å². The van der Waals surface area contributed by atoms with E-state index in [2.05, 4.69) is 25.9 Å². The molecule has 2 rings (SSSR count). The average molecular weight is 313 g/mol. The molecule has 0 radical (unpaired) electrons. The zero-order valence-electron chi connectivity index (χ0n) is 9.28. The standard InChI is InChI=1S/C12H10BrFN2O2/c13-11-9(4-5-10(17)18)15-12(16-11)7-2-1-3-8(14)6-7/h1-3,6H,4-5H2,(H,15,16)(H,17,18). The van der Waals surface area contributed by atoms with E-state index in [4.69, 9.17) is 5.11 Å². The molecule has 0 amide bonds. The molecule has 94 valence electrons. The molecule has 0 saturated carbocycles. The van der Waals surface area contributed by atoms with Gasteiger partial charge in [0.05, 0.1) is 12.1 Å². The summed E-state index contributed by atoms with van der Waals surface area (Å²) < 4.78 is 13.6. The highest BCUT2D eigenvalue weighted by molar-refractivity contribution is 9.10. The second-order valence-corrected chi connectivity index (χ2v) is 4.51. The summed E-state index contributed by atoms with van der Waals surface area (Å²) in [7, 11) is 0. The lowest BCUT2D eigenvalue weighted by molar-refractivity contribution is -0.136. The highest BCUT2D eigenvalue weighted by atomic mass is 79.9. The molecule has 2 aromatic rings. The summed E-state index contributed by atoms with van der Waals surface area (Å²) >= 11 is 3.25. The first-order valence-electron chi connectivity index (χ1n) is 5.28. The molecule has 0 bridgehead atoms. The number of aliphatic carboxylic acids is 1. The van der Waals surface area contributed by atoms with Gasteiger partial charge >= 0.3 is 5.97 Å². The van der Waals surface area contributed by atoms with Crippen molar-refractivity contribution in [3.8, 4) is 11.4 Å². The number of nitrogens with one attached hydrogen (secondary N) is 1. The second kappa shape index (κ2) is 5.30. The van der Waals surface area contributed by atoms with Gasteiger partial charge in [-0.1, -0.05) is 12.1 Å². The Hall–Kier alpha value is -1.69. The van der Waals surface area contributed by atoms with Crippen LogP contribution in [0.4, 0.5) is 4.39 Å². The maximum absolute atomic E-state index is 13.1. The number of aromatic amines is 1. The fraction of sp³-hybridized carbons (Fsp3) is 0.167. The van der Waals surface area contributed by atoms with Crippen LogP contribution in [0.1, 0.15) is 12.1 Å². The molecule has 1 heterocycles. The van der Waals surface area contributed by atoms with Gasteiger partial charge in [0.25, 0.3) is 0 Å². The monoisotopic (exact) mass is 312 g/mol. The SMILES string of the molecule is O=C(O)CCc1[nH]c(-c2cccc(F)c2)nc1Br. The first-order valence-corrected chi connectivity index (χ1v) is 6.07. The van der Waals surface area contributed by atoms with E-state index in [-0.39, 0.29) is 12.2 Å². The molecule has 0 atom stereocenters.